The van der Waals surface area contributed by atoms with E-state index in [1.807, 2.05) is 0 Å². The Kier molecular flexibility index (Phi) is 6.37. The molecule has 2 nitrogen and oxygen atoms in total. The highest BCUT2D eigenvalue weighted by Crippen LogP contribution is 2.68. The van der Waals surface area contributed by atoms with E-state index in [1.165, 1.54) is 64.2 Å². The molecular formula is C28H49NO. The molecule has 0 saturated heterocycles. The standard InChI is InChI=1S/C28H49NO/c1-18(2)7-6-8-19(3)23-11-12-24-22-10-9-21-17-20(26(29)30)13-15-27(21,4)25(22)14-16-28(23,24)5/h18-25H,6-17H2,1-5H3,(H2,29,30)/t19-,20-,21+,22?,23-,24?,25?,27+,28-/m1/s1. The molecule has 2 heteroatoms. The fourth-order valence-corrected chi connectivity index (χ4v) is 9.54. The van der Waals surface area contributed by atoms with Crippen molar-refractivity contribution in [1.29, 1.82) is 0 Å². The minimum Gasteiger partial charge on any atom is -0.369 e. The van der Waals surface area contributed by atoms with Gasteiger partial charge in [0, 0.05) is 5.92 Å². The Labute approximate surface area is 186 Å². The molecule has 172 valence electrons. The Morgan fingerprint density at radius 3 is 2.30 bits per heavy atom. The number of fused-ring (bicyclic) bond motifs is 5. The van der Waals surface area contributed by atoms with E-state index in [9.17, 15) is 4.79 Å². The topological polar surface area (TPSA) is 43.1 Å². The molecule has 2 N–H and O–H groups in total. The summed E-state index contributed by atoms with van der Waals surface area (Å²) >= 11 is 0. The van der Waals surface area contributed by atoms with Crippen molar-refractivity contribution in [2.75, 3.05) is 0 Å². The molecule has 0 aromatic carbocycles. The highest BCUT2D eigenvalue weighted by Gasteiger charge is 2.60. The van der Waals surface area contributed by atoms with E-state index in [2.05, 4.69) is 34.6 Å². The summed E-state index contributed by atoms with van der Waals surface area (Å²) in [7, 11) is 0. The van der Waals surface area contributed by atoms with E-state index in [4.69, 9.17) is 5.73 Å². The Hall–Kier alpha value is -0.530. The maximum absolute atomic E-state index is 11.8. The lowest BCUT2D eigenvalue weighted by Gasteiger charge is -2.61. The van der Waals surface area contributed by atoms with Gasteiger partial charge in [-0.25, -0.2) is 0 Å². The molecule has 0 radical (unpaired) electrons. The lowest BCUT2D eigenvalue weighted by molar-refractivity contribution is -0.136. The second-order valence-corrected chi connectivity index (χ2v) is 13.1. The molecule has 0 aromatic heterocycles. The van der Waals surface area contributed by atoms with Gasteiger partial charge >= 0.3 is 0 Å². The van der Waals surface area contributed by atoms with Crippen LogP contribution < -0.4 is 5.73 Å². The Morgan fingerprint density at radius 1 is 0.900 bits per heavy atom. The van der Waals surface area contributed by atoms with E-state index < -0.39 is 0 Å². The van der Waals surface area contributed by atoms with Crippen molar-refractivity contribution < 1.29 is 4.79 Å². The van der Waals surface area contributed by atoms with Crippen LogP contribution >= 0.6 is 0 Å². The number of amides is 1. The molecule has 3 unspecified atom stereocenters. The van der Waals surface area contributed by atoms with Crippen LogP contribution in [-0.4, -0.2) is 5.91 Å². The minimum absolute atomic E-state index is 0.0412. The van der Waals surface area contributed by atoms with E-state index >= 15 is 0 Å². The highest BCUT2D eigenvalue weighted by atomic mass is 16.1. The lowest BCUT2D eigenvalue weighted by Crippen LogP contribution is -2.54. The molecule has 0 heterocycles. The maximum atomic E-state index is 11.8. The molecule has 4 fully saturated rings. The van der Waals surface area contributed by atoms with Crippen LogP contribution in [0.2, 0.25) is 0 Å². The smallest absolute Gasteiger partial charge is 0.220 e. The van der Waals surface area contributed by atoms with Crippen LogP contribution in [0.5, 0.6) is 0 Å². The molecule has 4 aliphatic rings. The van der Waals surface area contributed by atoms with Gasteiger partial charge in [0.2, 0.25) is 5.91 Å². The van der Waals surface area contributed by atoms with E-state index in [0.29, 0.717) is 10.8 Å². The summed E-state index contributed by atoms with van der Waals surface area (Å²) in [6.45, 7) is 12.6. The number of hydrogen-bond acceptors (Lipinski definition) is 1. The normalized spacial score (nSPS) is 46.7. The fraction of sp³-hybridized carbons (Fsp3) is 0.964. The number of rotatable bonds is 6. The summed E-state index contributed by atoms with van der Waals surface area (Å²) in [6.07, 6.45) is 16.3. The van der Waals surface area contributed by atoms with Gasteiger partial charge < -0.3 is 5.73 Å². The summed E-state index contributed by atoms with van der Waals surface area (Å²) in [5, 5.41) is 0. The molecule has 0 bridgehead atoms. The number of carbonyl (C=O) groups excluding carboxylic acids is 1. The third-order valence-electron chi connectivity index (χ3n) is 11.3. The van der Waals surface area contributed by atoms with Crippen molar-refractivity contribution in [1.82, 2.24) is 0 Å². The van der Waals surface area contributed by atoms with Gasteiger partial charge in [-0.15, -0.1) is 0 Å². The molecule has 4 aliphatic carbocycles. The van der Waals surface area contributed by atoms with Crippen molar-refractivity contribution in [3.05, 3.63) is 0 Å². The van der Waals surface area contributed by atoms with Gasteiger partial charge in [0.25, 0.3) is 0 Å². The third kappa shape index (κ3) is 3.77. The second-order valence-electron chi connectivity index (χ2n) is 13.1. The molecule has 0 spiro atoms. The molecular weight excluding hydrogens is 366 g/mol. The van der Waals surface area contributed by atoms with Crippen molar-refractivity contribution >= 4 is 5.91 Å². The number of carbonyl (C=O) groups is 1. The van der Waals surface area contributed by atoms with Gasteiger partial charge in [0.15, 0.2) is 0 Å². The number of nitrogens with two attached hydrogens (primary N) is 1. The van der Waals surface area contributed by atoms with Crippen molar-refractivity contribution in [2.24, 2.45) is 63.9 Å². The van der Waals surface area contributed by atoms with Gasteiger partial charge in [-0.2, -0.15) is 0 Å². The Morgan fingerprint density at radius 2 is 1.60 bits per heavy atom. The fourth-order valence-electron chi connectivity index (χ4n) is 9.54. The first-order valence-electron chi connectivity index (χ1n) is 13.5. The van der Waals surface area contributed by atoms with Crippen molar-refractivity contribution in [3.63, 3.8) is 0 Å². The summed E-state index contributed by atoms with van der Waals surface area (Å²) in [6, 6.07) is 0. The molecule has 0 aromatic rings. The molecule has 4 rings (SSSR count). The number of primary amides is 1. The minimum atomic E-state index is -0.0412. The SMILES string of the molecule is CC(C)CCC[C@@H](C)[C@H]1CCC2C3CC[C@H]4C[C@H](C(N)=O)CC[C@]4(C)C3CC[C@@]21C. The zero-order valence-electron chi connectivity index (χ0n) is 20.6. The predicted molar refractivity (Wildman–Crippen MR) is 126 cm³/mol. The van der Waals surface area contributed by atoms with Crippen LogP contribution in [0.25, 0.3) is 0 Å². The molecule has 0 aliphatic heterocycles. The largest absolute Gasteiger partial charge is 0.369 e. The van der Waals surface area contributed by atoms with E-state index in [-0.39, 0.29) is 11.8 Å². The molecule has 4 saturated carbocycles. The maximum Gasteiger partial charge on any atom is 0.220 e. The van der Waals surface area contributed by atoms with Crippen LogP contribution in [-0.2, 0) is 4.79 Å². The molecule has 1 amide bonds. The summed E-state index contributed by atoms with van der Waals surface area (Å²) in [5.41, 5.74) is 6.77. The first-order valence-corrected chi connectivity index (χ1v) is 13.5. The van der Waals surface area contributed by atoms with E-state index in [0.717, 1.165) is 54.3 Å². The zero-order valence-corrected chi connectivity index (χ0v) is 20.6. The molecule has 9 atom stereocenters. The number of hydrogen-bond donors (Lipinski definition) is 1. The predicted octanol–water partition coefficient (Wildman–Crippen LogP) is 7.21. The summed E-state index contributed by atoms with van der Waals surface area (Å²) < 4.78 is 0. The first-order chi connectivity index (χ1) is 14.2. The average molecular weight is 416 g/mol. The van der Waals surface area contributed by atoms with Gasteiger partial charge in [-0.3, -0.25) is 4.79 Å². The summed E-state index contributed by atoms with van der Waals surface area (Å²) in [5.74, 6) is 6.35. The summed E-state index contributed by atoms with van der Waals surface area (Å²) in [4.78, 5) is 11.8. The van der Waals surface area contributed by atoms with Gasteiger partial charge in [0.05, 0.1) is 0 Å². The quantitative estimate of drug-likeness (QED) is 0.489. The Balaban J connectivity index is 1.45. The monoisotopic (exact) mass is 415 g/mol. The van der Waals surface area contributed by atoms with Crippen molar-refractivity contribution in [3.8, 4) is 0 Å². The van der Waals surface area contributed by atoms with Crippen LogP contribution in [0.1, 0.15) is 112 Å². The van der Waals surface area contributed by atoms with Crippen LogP contribution in [0.15, 0.2) is 0 Å². The molecule has 30 heavy (non-hydrogen) atoms. The lowest BCUT2D eigenvalue weighted by atomic mass is 9.44. The highest BCUT2D eigenvalue weighted by molar-refractivity contribution is 5.76. The van der Waals surface area contributed by atoms with Crippen LogP contribution in [0.4, 0.5) is 0 Å². The van der Waals surface area contributed by atoms with Crippen LogP contribution in [0.3, 0.4) is 0 Å². The third-order valence-corrected chi connectivity index (χ3v) is 11.3. The van der Waals surface area contributed by atoms with Gasteiger partial charge in [0.1, 0.15) is 0 Å². The Bertz CT molecular complexity index is 628. The second kappa shape index (κ2) is 8.43. The van der Waals surface area contributed by atoms with Gasteiger partial charge in [-0.1, -0.05) is 53.9 Å². The van der Waals surface area contributed by atoms with Crippen molar-refractivity contribution in [2.45, 2.75) is 112 Å². The zero-order chi connectivity index (χ0) is 21.7. The average Bonchev–Trinajstić information content (AvgIpc) is 3.04. The van der Waals surface area contributed by atoms with E-state index in [1.54, 1.807) is 0 Å². The van der Waals surface area contributed by atoms with Crippen LogP contribution in [0, 0.1) is 58.2 Å². The first kappa shape index (κ1) is 22.7. The van der Waals surface area contributed by atoms with Gasteiger partial charge in [-0.05, 0) is 110 Å².